The summed E-state index contributed by atoms with van der Waals surface area (Å²) in [5.74, 6) is 1.49. The number of nitrogens with two attached hydrogens (primary N) is 1. The van der Waals surface area contributed by atoms with E-state index in [9.17, 15) is 0 Å². The van der Waals surface area contributed by atoms with Crippen molar-refractivity contribution >= 4 is 41.5 Å². The third-order valence-electron chi connectivity index (χ3n) is 2.61. The number of nitrogens with zero attached hydrogens (tertiary/aromatic N) is 3. The minimum Gasteiger partial charge on any atom is -0.370 e. The molecule has 120 valence electrons. The molecule has 0 aliphatic carbocycles. The lowest BCUT2D eigenvalue weighted by atomic mass is 10.2. The summed E-state index contributed by atoms with van der Waals surface area (Å²) in [7, 11) is 0. The summed E-state index contributed by atoms with van der Waals surface area (Å²) in [6.07, 6.45) is 0.543. The Labute approximate surface area is 151 Å². The molecule has 3 N–H and O–H groups in total. The number of halogens is 2. The Kier molecular flexibility index (Phi) is 7.60. The van der Waals surface area contributed by atoms with Crippen LogP contribution in [0.15, 0.2) is 33.8 Å². The summed E-state index contributed by atoms with van der Waals surface area (Å²) in [6, 6.07) is 7.53. The first-order valence-electron chi connectivity index (χ1n) is 6.69. The van der Waals surface area contributed by atoms with E-state index in [1.807, 2.05) is 26.0 Å². The first-order chi connectivity index (χ1) is 10.0. The van der Waals surface area contributed by atoms with Gasteiger partial charge in [0, 0.05) is 23.0 Å². The summed E-state index contributed by atoms with van der Waals surface area (Å²) in [5, 5.41) is 7.62. The Bertz CT molecular complexity index is 612. The van der Waals surface area contributed by atoms with Crippen LogP contribution in [0.1, 0.15) is 19.7 Å². The summed E-state index contributed by atoms with van der Waals surface area (Å²) in [4.78, 5) is 8.51. The van der Waals surface area contributed by atoms with Gasteiger partial charge in [-0.15, -0.1) is 24.0 Å². The zero-order chi connectivity index (χ0) is 15.2. The first kappa shape index (κ1) is 18.7. The number of aromatic nitrogens is 2. The molecule has 0 radical (unpaired) electrons. The van der Waals surface area contributed by atoms with E-state index in [2.05, 4.69) is 20.4 Å². The van der Waals surface area contributed by atoms with Crippen molar-refractivity contribution in [1.29, 1.82) is 0 Å². The number of benzene rings is 1. The van der Waals surface area contributed by atoms with Gasteiger partial charge in [0.25, 0.3) is 0 Å². The molecular formula is C14H19ClIN5O. The first-order valence-corrected chi connectivity index (χ1v) is 7.07. The van der Waals surface area contributed by atoms with Crippen LogP contribution in [0.5, 0.6) is 0 Å². The molecule has 0 amide bonds. The molecule has 1 heterocycles. The Hall–Kier alpha value is -1.35. The van der Waals surface area contributed by atoms with Crippen LogP contribution in [-0.4, -0.2) is 28.7 Å². The van der Waals surface area contributed by atoms with Gasteiger partial charge in [-0.2, -0.15) is 4.98 Å². The van der Waals surface area contributed by atoms with Crippen LogP contribution >= 0.6 is 35.6 Å². The van der Waals surface area contributed by atoms with Gasteiger partial charge in [-0.05, 0) is 38.1 Å². The molecule has 6 nitrogen and oxygen atoms in total. The van der Waals surface area contributed by atoms with Crippen LogP contribution in [0.4, 0.5) is 0 Å². The normalized spacial score (nSPS) is 11.4. The summed E-state index contributed by atoms with van der Waals surface area (Å²) < 4.78 is 5.19. The Morgan fingerprint density at radius 3 is 2.68 bits per heavy atom. The van der Waals surface area contributed by atoms with Crippen molar-refractivity contribution in [1.82, 2.24) is 15.5 Å². The standard InChI is InChI=1S/C14H18ClN5O.HI/c1-9(2)18-14(16)17-8-7-12-19-13(20-21-12)10-3-5-11(15)6-4-10;/h3-6,9H,7-8H2,1-2H3,(H3,16,17,18);1H. The summed E-state index contributed by atoms with van der Waals surface area (Å²) in [6.45, 7) is 4.49. The second kappa shape index (κ2) is 8.94. The molecular weight excluding hydrogens is 417 g/mol. The molecule has 22 heavy (non-hydrogen) atoms. The van der Waals surface area contributed by atoms with Gasteiger partial charge < -0.3 is 15.6 Å². The zero-order valence-corrected chi connectivity index (χ0v) is 15.5. The Balaban J connectivity index is 0.00000242. The molecule has 1 aromatic heterocycles. The van der Waals surface area contributed by atoms with Crippen LogP contribution in [0.25, 0.3) is 11.4 Å². The number of nitrogens with one attached hydrogen (secondary N) is 1. The lowest BCUT2D eigenvalue weighted by Gasteiger charge is -2.07. The molecule has 0 atom stereocenters. The average molecular weight is 436 g/mol. The zero-order valence-electron chi connectivity index (χ0n) is 12.4. The molecule has 0 aliphatic heterocycles. The van der Waals surface area contributed by atoms with E-state index in [-0.39, 0.29) is 30.0 Å². The largest absolute Gasteiger partial charge is 0.370 e. The highest BCUT2D eigenvalue weighted by Crippen LogP contribution is 2.18. The SMILES string of the molecule is CC(C)NC(N)=NCCc1nc(-c2ccc(Cl)cc2)no1.I. The molecule has 2 aromatic rings. The quantitative estimate of drug-likeness (QED) is 0.428. The minimum absolute atomic E-state index is 0. The monoisotopic (exact) mass is 435 g/mol. The highest BCUT2D eigenvalue weighted by atomic mass is 127. The molecule has 0 unspecified atom stereocenters. The fourth-order valence-electron chi connectivity index (χ4n) is 1.69. The average Bonchev–Trinajstić information content (AvgIpc) is 2.87. The van der Waals surface area contributed by atoms with Gasteiger partial charge in [0.2, 0.25) is 11.7 Å². The van der Waals surface area contributed by atoms with E-state index < -0.39 is 0 Å². The smallest absolute Gasteiger partial charge is 0.228 e. The van der Waals surface area contributed by atoms with E-state index in [0.717, 1.165) is 5.56 Å². The Morgan fingerprint density at radius 2 is 2.05 bits per heavy atom. The van der Waals surface area contributed by atoms with Crippen molar-refractivity contribution in [2.75, 3.05) is 6.54 Å². The fourth-order valence-corrected chi connectivity index (χ4v) is 1.81. The number of hydrogen-bond acceptors (Lipinski definition) is 4. The van der Waals surface area contributed by atoms with Crippen LogP contribution < -0.4 is 11.1 Å². The topological polar surface area (TPSA) is 89.3 Å². The molecule has 0 fully saturated rings. The van der Waals surface area contributed by atoms with Gasteiger partial charge in [0.15, 0.2) is 5.96 Å². The number of guanidine groups is 1. The van der Waals surface area contributed by atoms with Gasteiger partial charge in [-0.1, -0.05) is 16.8 Å². The predicted octanol–water partition coefficient (Wildman–Crippen LogP) is 2.86. The van der Waals surface area contributed by atoms with Gasteiger partial charge in [0.1, 0.15) is 0 Å². The maximum absolute atomic E-state index is 5.84. The molecule has 8 heteroatoms. The fraction of sp³-hybridized carbons (Fsp3) is 0.357. The van der Waals surface area contributed by atoms with E-state index in [1.54, 1.807) is 12.1 Å². The van der Waals surface area contributed by atoms with Gasteiger partial charge in [-0.3, -0.25) is 4.99 Å². The van der Waals surface area contributed by atoms with Crippen molar-refractivity contribution in [3.05, 3.63) is 35.2 Å². The molecule has 0 saturated carbocycles. The van der Waals surface area contributed by atoms with Crippen LogP contribution in [0.2, 0.25) is 5.02 Å². The minimum atomic E-state index is 0. The molecule has 0 spiro atoms. The van der Waals surface area contributed by atoms with Crippen LogP contribution in [0.3, 0.4) is 0 Å². The van der Waals surface area contributed by atoms with Crippen LogP contribution in [-0.2, 0) is 6.42 Å². The summed E-state index contributed by atoms with van der Waals surface area (Å²) >= 11 is 5.84. The van der Waals surface area contributed by atoms with Crippen molar-refractivity contribution in [2.45, 2.75) is 26.3 Å². The van der Waals surface area contributed by atoms with Gasteiger partial charge in [0.05, 0.1) is 6.54 Å². The molecule has 0 aliphatic rings. The highest BCUT2D eigenvalue weighted by Gasteiger charge is 2.08. The van der Waals surface area contributed by atoms with Crippen molar-refractivity contribution in [2.24, 2.45) is 10.7 Å². The third-order valence-corrected chi connectivity index (χ3v) is 2.87. The second-order valence-electron chi connectivity index (χ2n) is 4.83. The number of hydrogen-bond donors (Lipinski definition) is 2. The maximum Gasteiger partial charge on any atom is 0.228 e. The second-order valence-corrected chi connectivity index (χ2v) is 5.27. The lowest BCUT2D eigenvalue weighted by Crippen LogP contribution is -2.36. The third kappa shape index (κ3) is 5.80. The van der Waals surface area contributed by atoms with Crippen molar-refractivity contribution in [3.8, 4) is 11.4 Å². The predicted molar refractivity (Wildman–Crippen MR) is 98.6 cm³/mol. The number of rotatable bonds is 5. The lowest BCUT2D eigenvalue weighted by molar-refractivity contribution is 0.380. The molecule has 1 aromatic carbocycles. The van der Waals surface area contributed by atoms with Gasteiger partial charge in [-0.25, -0.2) is 0 Å². The molecule has 2 rings (SSSR count). The summed E-state index contributed by atoms with van der Waals surface area (Å²) in [5.41, 5.74) is 6.57. The Morgan fingerprint density at radius 1 is 1.36 bits per heavy atom. The molecule has 0 bridgehead atoms. The van der Waals surface area contributed by atoms with E-state index in [1.165, 1.54) is 0 Å². The molecule has 0 saturated heterocycles. The highest BCUT2D eigenvalue weighted by molar-refractivity contribution is 14.0. The van der Waals surface area contributed by atoms with Crippen LogP contribution in [0, 0.1) is 0 Å². The van der Waals surface area contributed by atoms with E-state index in [0.29, 0.717) is 35.7 Å². The van der Waals surface area contributed by atoms with Crippen molar-refractivity contribution in [3.63, 3.8) is 0 Å². The van der Waals surface area contributed by atoms with Gasteiger partial charge >= 0.3 is 0 Å². The maximum atomic E-state index is 5.84. The van der Waals surface area contributed by atoms with E-state index in [4.69, 9.17) is 21.9 Å². The number of aliphatic imine (C=N–C) groups is 1. The van der Waals surface area contributed by atoms with E-state index >= 15 is 0 Å². The van der Waals surface area contributed by atoms with Crippen molar-refractivity contribution < 1.29 is 4.52 Å².